The van der Waals surface area contributed by atoms with Crippen LogP contribution in [0.3, 0.4) is 0 Å². The first-order valence-electron chi connectivity index (χ1n) is 7.98. The summed E-state index contributed by atoms with van der Waals surface area (Å²) in [6.45, 7) is 3.94. The smallest absolute Gasteiger partial charge is 0.426 e. The van der Waals surface area contributed by atoms with Crippen LogP contribution in [0.25, 0.3) is 5.69 Å². The highest BCUT2D eigenvalue weighted by atomic mass is 16.5. The Hall–Kier alpha value is -2.83. The lowest BCUT2D eigenvalue weighted by atomic mass is 10.1. The van der Waals surface area contributed by atoms with Crippen molar-refractivity contribution in [2.24, 2.45) is 0 Å². The van der Waals surface area contributed by atoms with Gasteiger partial charge in [-0.15, -0.1) is 0 Å². The summed E-state index contributed by atoms with van der Waals surface area (Å²) < 4.78 is 6.55. The number of nitrogens with zero attached hydrogens (tertiary/aromatic N) is 2. The molecule has 2 N–H and O–H groups in total. The average molecular weight is 328 g/mol. The zero-order chi connectivity index (χ0) is 17.1. The monoisotopic (exact) mass is 328 g/mol. The molecular formula is C17H20N4O3. The van der Waals surface area contributed by atoms with Gasteiger partial charge in [0.05, 0.1) is 29.7 Å². The van der Waals surface area contributed by atoms with Gasteiger partial charge < -0.3 is 4.74 Å². The van der Waals surface area contributed by atoms with Crippen molar-refractivity contribution in [2.75, 3.05) is 6.61 Å². The number of aromatic nitrogens is 2. The minimum absolute atomic E-state index is 0.236. The minimum atomic E-state index is -0.690. The molecule has 0 atom stereocenters. The van der Waals surface area contributed by atoms with E-state index in [0.29, 0.717) is 11.5 Å². The number of nitrogens with one attached hydrogen (secondary N) is 2. The molecule has 24 heavy (non-hydrogen) atoms. The van der Waals surface area contributed by atoms with Crippen molar-refractivity contribution >= 4 is 12.0 Å². The van der Waals surface area contributed by atoms with Crippen LogP contribution in [0.4, 0.5) is 4.79 Å². The highest BCUT2D eigenvalue weighted by molar-refractivity contribution is 5.96. The first-order valence-corrected chi connectivity index (χ1v) is 7.98. The van der Waals surface area contributed by atoms with Gasteiger partial charge in [-0.1, -0.05) is 18.2 Å². The number of benzene rings is 1. The van der Waals surface area contributed by atoms with Crippen molar-refractivity contribution in [1.29, 1.82) is 0 Å². The Morgan fingerprint density at radius 2 is 2.04 bits per heavy atom. The van der Waals surface area contributed by atoms with E-state index in [4.69, 9.17) is 4.74 Å². The third kappa shape index (κ3) is 3.24. The van der Waals surface area contributed by atoms with Crippen molar-refractivity contribution in [2.45, 2.75) is 32.6 Å². The van der Waals surface area contributed by atoms with Crippen LogP contribution in [0, 0.1) is 6.92 Å². The van der Waals surface area contributed by atoms with E-state index in [2.05, 4.69) is 16.0 Å². The maximum absolute atomic E-state index is 12.4. The van der Waals surface area contributed by atoms with E-state index in [0.717, 1.165) is 29.8 Å². The summed E-state index contributed by atoms with van der Waals surface area (Å²) in [5.41, 5.74) is 7.99. The van der Waals surface area contributed by atoms with Crippen LogP contribution in [0.1, 0.15) is 47.3 Å². The van der Waals surface area contributed by atoms with Crippen molar-refractivity contribution in [3.05, 3.63) is 47.3 Å². The highest BCUT2D eigenvalue weighted by Crippen LogP contribution is 2.42. The van der Waals surface area contributed by atoms with E-state index in [9.17, 15) is 9.59 Å². The zero-order valence-electron chi connectivity index (χ0n) is 13.7. The molecule has 0 bridgehead atoms. The predicted molar refractivity (Wildman–Crippen MR) is 87.9 cm³/mol. The van der Waals surface area contributed by atoms with Crippen LogP contribution in [0.5, 0.6) is 0 Å². The Labute approximate surface area is 140 Å². The quantitative estimate of drug-likeness (QED) is 0.844. The number of para-hydroxylation sites is 1. The molecule has 0 unspecified atom stereocenters. The second kappa shape index (κ2) is 6.74. The van der Waals surface area contributed by atoms with Crippen molar-refractivity contribution in [3.63, 3.8) is 0 Å². The van der Waals surface area contributed by atoms with Gasteiger partial charge in [0.1, 0.15) is 0 Å². The van der Waals surface area contributed by atoms with E-state index >= 15 is 0 Å². The fraction of sp³-hybridized carbons (Fsp3) is 0.353. The Morgan fingerprint density at radius 1 is 1.29 bits per heavy atom. The predicted octanol–water partition coefficient (Wildman–Crippen LogP) is 2.45. The molecule has 0 radical (unpaired) electrons. The molecule has 0 spiro atoms. The van der Waals surface area contributed by atoms with Gasteiger partial charge >= 0.3 is 6.09 Å². The summed E-state index contributed by atoms with van der Waals surface area (Å²) in [5.74, 6) is -0.0831. The fourth-order valence-corrected chi connectivity index (χ4v) is 2.62. The van der Waals surface area contributed by atoms with Gasteiger partial charge in [0.2, 0.25) is 0 Å². The highest BCUT2D eigenvalue weighted by Gasteiger charge is 2.33. The SMILES string of the molecule is CCOC(=O)NNC(=O)c1cnn(-c2ccccc2C)c1C1CC1. The van der Waals surface area contributed by atoms with E-state index < -0.39 is 12.0 Å². The lowest BCUT2D eigenvalue weighted by Gasteiger charge is -2.11. The van der Waals surface area contributed by atoms with E-state index in [1.54, 1.807) is 13.1 Å². The van der Waals surface area contributed by atoms with Crippen molar-refractivity contribution in [1.82, 2.24) is 20.6 Å². The Bertz CT molecular complexity index is 765. The number of carbonyl (C=O) groups excluding carboxylic acids is 2. The van der Waals surface area contributed by atoms with Gasteiger partial charge in [-0.25, -0.2) is 14.9 Å². The van der Waals surface area contributed by atoms with Gasteiger partial charge in [0.15, 0.2) is 0 Å². The average Bonchev–Trinajstić information content (AvgIpc) is 3.32. The number of ether oxygens (including phenoxy) is 1. The number of hydrogen-bond acceptors (Lipinski definition) is 4. The summed E-state index contributed by atoms with van der Waals surface area (Å²) in [6.07, 6.45) is 2.92. The molecule has 1 heterocycles. The van der Waals surface area contributed by atoms with Crippen LogP contribution >= 0.6 is 0 Å². The first kappa shape index (κ1) is 16.0. The molecule has 2 amide bonds. The van der Waals surface area contributed by atoms with Crippen LogP contribution in [0.2, 0.25) is 0 Å². The molecule has 1 saturated carbocycles. The van der Waals surface area contributed by atoms with Crippen LogP contribution in [-0.4, -0.2) is 28.4 Å². The third-order valence-electron chi connectivity index (χ3n) is 3.91. The number of amides is 2. The molecule has 1 aromatic heterocycles. The molecule has 126 valence electrons. The largest absolute Gasteiger partial charge is 0.449 e. The molecule has 1 aromatic carbocycles. The summed E-state index contributed by atoms with van der Waals surface area (Å²) >= 11 is 0. The van der Waals surface area contributed by atoms with Gasteiger partial charge in [-0.3, -0.25) is 10.2 Å². The molecule has 1 aliphatic rings. The van der Waals surface area contributed by atoms with Crippen molar-refractivity contribution < 1.29 is 14.3 Å². The van der Waals surface area contributed by atoms with Gasteiger partial charge in [0.25, 0.3) is 5.91 Å². The van der Waals surface area contributed by atoms with E-state index in [-0.39, 0.29) is 6.61 Å². The molecular weight excluding hydrogens is 308 g/mol. The molecule has 3 rings (SSSR count). The van der Waals surface area contributed by atoms with Gasteiger partial charge in [-0.05, 0) is 38.3 Å². The Balaban J connectivity index is 1.86. The number of hydrogen-bond donors (Lipinski definition) is 2. The van der Waals surface area contributed by atoms with Gasteiger partial charge in [0, 0.05) is 5.92 Å². The molecule has 7 heteroatoms. The zero-order valence-corrected chi connectivity index (χ0v) is 13.7. The minimum Gasteiger partial charge on any atom is -0.449 e. The summed E-state index contributed by atoms with van der Waals surface area (Å²) in [6, 6.07) is 7.90. The number of rotatable bonds is 4. The molecule has 0 aliphatic heterocycles. The second-order valence-corrected chi connectivity index (χ2v) is 5.72. The second-order valence-electron chi connectivity index (χ2n) is 5.72. The lowest BCUT2D eigenvalue weighted by molar-refractivity contribution is 0.0911. The van der Waals surface area contributed by atoms with Crippen LogP contribution < -0.4 is 10.9 Å². The number of carbonyl (C=O) groups is 2. The molecule has 1 fully saturated rings. The van der Waals surface area contributed by atoms with Crippen molar-refractivity contribution in [3.8, 4) is 5.69 Å². The molecule has 1 aliphatic carbocycles. The third-order valence-corrected chi connectivity index (χ3v) is 3.91. The summed E-state index contributed by atoms with van der Waals surface area (Å²) in [7, 11) is 0. The maximum atomic E-state index is 12.4. The van der Waals surface area contributed by atoms with E-state index in [1.165, 1.54) is 0 Å². The fourth-order valence-electron chi connectivity index (χ4n) is 2.62. The lowest BCUT2D eigenvalue weighted by Crippen LogP contribution is -2.42. The first-order chi connectivity index (χ1) is 11.6. The molecule has 0 saturated heterocycles. The number of aryl methyl sites for hydroxylation is 1. The summed E-state index contributed by atoms with van der Waals surface area (Å²) in [4.78, 5) is 23.7. The topological polar surface area (TPSA) is 85.2 Å². The summed E-state index contributed by atoms with van der Waals surface area (Å²) in [5, 5.41) is 4.40. The normalized spacial score (nSPS) is 13.4. The molecule has 7 nitrogen and oxygen atoms in total. The van der Waals surface area contributed by atoms with Crippen LogP contribution in [-0.2, 0) is 4.74 Å². The van der Waals surface area contributed by atoms with Gasteiger partial charge in [-0.2, -0.15) is 5.10 Å². The standard InChI is InChI=1S/C17H20N4O3/c1-3-24-17(23)20-19-16(22)13-10-18-21(15(13)12-8-9-12)14-7-5-4-6-11(14)2/h4-7,10,12H,3,8-9H2,1-2H3,(H,19,22)(H,20,23). The van der Waals surface area contributed by atoms with Crippen LogP contribution in [0.15, 0.2) is 30.5 Å². The Kier molecular flexibility index (Phi) is 4.50. The Morgan fingerprint density at radius 3 is 2.71 bits per heavy atom. The molecule has 2 aromatic rings. The number of hydrazine groups is 1. The van der Waals surface area contributed by atoms with E-state index in [1.807, 2.05) is 35.9 Å². The maximum Gasteiger partial charge on any atom is 0.426 e.